The number of sulfonamides is 1. The number of nitriles is 1. The Morgan fingerprint density at radius 2 is 1.85 bits per heavy atom. The maximum Gasteiger partial charge on any atom is 0.243 e. The molecule has 8 heteroatoms. The first kappa shape index (κ1) is 18.5. The first-order valence-corrected chi connectivity index (χ1v) is 9.86. The van der Waals surface area contributed by atoms with Gasteiger partial charge in [-0.15, -0.1) is 0 Å². The van der Waals surface area contributed by atoms with E-state index in [1.807, 2.05) is 30.3 Å². The van der Waals surface area contributed by atoms with Crippen LogP contribution >= 0.6 is 11.6 Å². The summed E-state index contributed by atoms with van der Waals surface area (Å²) in [5.74, 6) is 0.766. The molecule has 0 aromatic heterocycles. The summed E-state index contributed by atoms with van der Waals surface area (Å²) in [5.41, 5.74) is 1.16. The SMILES string of the molecule is COc1cccc(N2CCN(S(=O)(=O)c3ccc(Cl)c(C#N)c3)CC2)c1. The molecule has 0 spiro atoms. The van der Waals surface area contributed by atoms with Gasteiger partial charge in [0.25, 0.3) is 0 Å². The zero-order chi connectivity index (χ0) is 18.7. The second-order valence-electron chi connectivity index (χ2n) is 5.85. The molecule has 1 aliphatic rings. The van der Waals surface area contributed by atoms with Crippen LogP contribution in [-0.4, -0.2) is 46.0 Å². The van der Waals surface area contributed by atoms with Crippen molar-refractivity contribution in [1.29, 1.82) is 5.26 Å². The fraction of sp³-hybridized carbons (Fsp3) is 0.278. The van der Waals surface area contributed by atoms with Gasteiger partial charge in [-0.3, -0.25) is 0 Å². The van der Waals surface area contributed by atoms with E-state index in [2.05, 4.69) is 4.90 Å². The smallest absolute Gasteiger partial charge is 0.243 e. The summed E-state index contributed by atoms with van der Waals surface area (Å²) < 4.78 is 32.4. The number of halogens is 1. The van der Waals surface area contributed by atoms with Gasteiger partial charge in [-0.05, 0) is 30.3 Å². The Kier molecular flexibility index (Phi) is 5.37. The van der Waals surface area contributed by atoms with Gasteiger partial charge in [-0.25, -0.2) is 8.42 Å². The highest BCUT2D eigenvalue weighted by Gasteiger charge is 2.29. The highest BCUT2D eigenvalue weighted by atomic mass is 35.5. The molecule has 0 N–H and O–H groups in total. The van der Waals surface area contributed by atoms with Crippen molar-refractivity contribution in [2.24, 2.45) is 0 Å². The number of benzene rings is 2. The number of hydrogen-bond donors (Lipinski definition) is 0. The molecule has 0 aliphatic carbocycles. The number of rotatable bonds is 4. The lowest BCUT2D eigenvalue weighted by Crippen LogP contribution is -2.48. The molecule has 136 valence electrons. The molecule has 3 rings (SSSR count). The van der Waals surface area contributed by atoms with Gasteiger partial charge in [0.05, 0.1) is 22.6 Å². The molecule has 0 unspecified atom stereocenters. The van der Waals surface area contributed by atoms with E-state index in [1.165, 1.54) is 22.5 Å². The Morgan fingerprint density at radius 1 is 1.12 bits per heavy atom. The van der Waals surface area contributed by atoms with Crippen molar-refractivity contribution in [3.05, 3.63) is 53.1 Å². The molecule has 0 bridgehead atoms. The molecule has 1 saturated heterocycles. The second-order valence-corrected chi connectivity index (χ2v) is 8.19. The highest BCUT2D eigenvalue weighted by Crippen LogP contribution is 2.26. The van der Waals surface area contributed by atoms with Crippen LogP contribution in [0.15, 0.2) is 47.4 Å². The molecule has 0 radical (unpaired) electrons. The third kappa shape index (κ3) is 3.63. The Bertz CT molecular complexity index is 948. The molecular weight excluding hydrogens is 374 g/mol. The third-order valence-electron chi connectivity index (χ3n) is 4.35. The van der Waals surface area contributed by atoms with Crippen molar-refractivity contribution in [3.63, 3.8) is 0 Å². The summed E-state index contributed by atoms with van der Waals surface area (Å²) in [6, 6.07) is 13.8. The van der Waals surface area contributed by atoms with Crippen molar-refractivity contribution in [2.75, 3.05) is 38.2 Å². The molecule has 0 saturated carbocycles. The fourth-order valence-corrected chi connectivity index (χ4v) is 4.50. The van der Waals surface area contributed by atoms with Gasteiger partial charge in [0.2, 0.25) is 10.0 Å². The van der Waals surface area contributed by atoms with E-state index in [4.69, 9.17) is 21.6 Å². The zero-order valence-electron chi connectivity index (χ0n) is 14.2. The lowest BCUT2D eigenvalue weighted by atomic mass is 10.2. The van der Waals surface area contributed by atoms with E-state index < -0.39 is 10.0 Å². The van der Waals surface area contributed by atoms with Gasteiger partial charge in [-0.1, -0.05) is 17.7 Å². The standard InChI is InChI=1S/C18H18ClN3O3S/c1-25-16-4-2-3-15(12-16)21-7-9-22(10-8-21)26(23,24)17-5-6-18(19)14(11-17)13-20/h2-6,11-12H,7-10H2,1H3. The summed E-state index contributed by atoms with van der Waals surface area (Å²) >= 11 is 5.90. The van der Waals surface area contributed by atoms with Crippen LogP contribution in [-0.2, 0) is 10.0 Å². The Morgan fingerprint density at radius 3 is 2.50 bits per heavy atom. The Labute approximate surface area is 158 Å². The van der Waals surface area contributed by atoms with Gasteiger partial charge >= 0.3 is 0 Å². The number of piperazine rings is 1. The lowest BCUT2D eigenvalue weighted by Gasteiger charge is -2.35. The molecule has 0 atom stereocenters. The summed E-state index contributed by atoms with van der Waals surface area (Å²) in [6.45, 7) is 1.88. The Balaban J connectivity index is 1.75. The third-order valence-corrected chi connectivity index (χ3v) is 6.58. The zero-order valence-corrected chi connectivity index (χ0v) is 15.8. The average Bonchev–Trinajstić information content (AvgIpc) is 2.68. The van der Waals surface area contributed by atoms with Gasteiger partial charge < -0.3 is 9.64 Å². The summed E-state index contributed by atoms with van der Waals surface area (Å²) in [6.07, 6.45) is 0. The first-order valence-electron chi connectivity index (χ1n) is 8.04. The van der Waals surface area contributed by atoms with Gasteiger partial charge in [-0.2, -0.15) is 9.57 Å². The predicted molar refractivity (Wildman–Crippen MR) is 100 cm³/mol. The average molecular weight is 392 g/mol. The Hall–Kier alpha value is -2.27. The minimum absolute atomic E-state index is 0.0910. The van der Waals surface area contributed by atoms with Crippen LogP contribution in [0.25, 0.3) is 0 Å². The normalized spacial score (nSPS) is 15.5. The molecule has 1 aliphatic heterocycles. The van der Waals surface area contributed by atoms with Crippen LogP contribution in [0.1, 0.15) is 5.56 Å². The topological polar surface area (TPSA) is 73.6 Å². The van der Waals surface area contributed by atoms with E-state index in [9.17, 15) is 8.42 Å². The molecule has 1 heterocycles. The number of methoxy groups -OCH3 is 1. The van der Waals surface area contributed by atoms with E-state index in [-0.39, 0.29) is 15.5 Å². The lowest BCUT2D eigenvalue weighted by molar-refractivity contribution is 0.384. The quantitative estimate of drug-likeness (QED) is 0.801. The van der Waals surface area contributed by atoms with Crippen LogP contribution in [0.2, 0.25) is 5.02 Å². The first-order chi connectivity index (χ1) is 12.5. The molecule has 6 nitrogen and oxygen atoms in total. The number of anilines is 1. The fourth-order valence-electron chi connectivity index (χ4n) is 2.89. The predicted octanol–water partition coefficient (Wildman–Crippen LogP) is 2.73. The molecule has 1 fully saturated rings. The summed E-state index contributed by atoms with van der Waals surface area (Å²) in [4.78, 5) is 2.21. The number of ether oxygens (including phenoxy) is 1. The summed E-state index contributed by atoms with van der Waals surface area (Å²) in [7, 11) is -2.04. The summed E-state index contributed by atoms with van der Waals surface area (Å²) in [5, 5.41) is 9.31. The molecular formula is C18H18ClN3O3S. The minimum atomic E-state index is -3.66. The second kappa shape index (κ2) is 7.54. The molecule has 26 heavy (non-hydrogen) atoms. The monoisotopic (exact) mass is 391 g/mol. The largest absolute Gasteiger partial charge is 0.497 e. The number of hydrogen-bond acceptors (Lipinski definition) is 5. The van der Waals surface area contributed by atoms with Crippen LogP contribution in [0.3, 0.4) is 0 Å². The van der Waals surface area contributed by atoms with Gasteiger partial charge in [0.1, 0.15) is 11.8 Å². The highest BCUT2D eigenvalue weighted by molar-refractivity contribution is 7.89. The van der Waals surface area contributed by atoms with Gasteiger partial charge in [0, 0.05) is 37.9 Å². The number of nitrogens with zero attached hydrogens (tertiary/aromatic N) is 3. The van der Waals surface area contributed by atoms with E-state index in [1.54, 1.807) is 7.11 Å². The van der Waals surface area contributed by atoms with E-state index in [0.29, 0.717) is 26.2 Å². The van der Waals surface area contributed by atoms with Crippen LogP contribution < -0.4 is 9.64 Å². The van der Waals surface area contributed by atoms with Crippen molar-refractivity contribution >= 4 is 27.3 Å². The van der Waals surface area contributed by atoms with E-state index in [0.717, 1.165) is 11.4 Å². The van der Waals surface area contributed by atoms with Crippen molar-refractivity contribution in [1.82, 2.24) is 4.31 Å². The maximum absolute atomic E-state index is 12.8. The maximum atomic E-state index is 12.8. The van der Waals surface area contributed by atoms with Crippen LogP contribution in [0.5, 0.6) is 5.75 Å². The van der Waals surface area contributed by atoms with E-state index >= 15 is 0 Å². The van der Waals surface area contributed by atoms with Crippen LogP contribution in [0, 0.1) is 11.3 Å². The van der Waals surface area contributed by atoms with Crippen molar-refractivity contribution in [3.8, 4) is 11.8 Å². The molecule has 0 amide bonds. The molecule has 2 aromatic carbocycles. The van der Waals surface area contributed by atoms with Gasteiger partial charge in [0.15, 0.2) is 0 Å². The van der Waals surface area contributed by atoms with Crippen LogP contribution in [0.4, 0.5) is 5.69 Å². The minimum Gasteiger partial charge on any atom is -0.497 e. The molecule has 2 aromatic rings. The van der Waals surface area contributed by atoms with Crippen molar-refractivity contribution < 1.29 is 13.2 Å². The van der Waals surface area contributed by atoms with Crippen molar-refractivity contribution in [2.45, 2.75) is 4.90 Å².